The second kappa shape index (κ2) is 3.90. The maximum Gasteiger partial charge on any atom is 0.345 e. The van der Waals surface area contributed by atoms with Gasteiger partial charge in [-0.3, -0.25) is 0 Å². The molecule has 0 radical (unpaired) electrons. The van der Waals surface area contributed by atoms with Crippen molar-refractivity contribution in [3.63, 3.8) is 0 Å². The summed E-state index contributed by atoms with van der Waals surface area (Å²) in [5.41, 5.74) is 0.194. The highest BCUT2D eigenvalue weighted by molar-refractivity contribution is 5.91. The van der Waals surface area contributed by atoms with Crippen molar-refractivity contribution in [3.8, 4) is 5.88 Å². The second-order valence-electron chi connectivity index (χ2n) is 2.22. The van der Waals surface area contributed by atoms with Gasteiger partial charge in [-0.15, -0.1) is 5.10 Å². The van der Waals surface area contributed by atoms with Crippen molar-refractivity contribution in [2.24, 2.45) is 0 Å². The van der Waals surface area contributed by atoms with Crippen LogP contribution in [0.15, 0.2) is 6.20 Å². The number of carbonyl (C=O) groups excluding carboxylic acids is 1. The molecule has 6 nitrogen and oxygen atoms in total. The first kappa shape index (κ1) is 9.53. The summed E-state index contributed by atoms with van der Waals surface area (Å²) in [4.78, 5) is 11.1. The highest BCUT2D eigenvalue weighted by Gasteiger charge is 2.16. The number of nitrogens with zero attached hydrogens (tertiary/aromatic N) is 2. The highest BCUT2D eigenvalue weighted by Crippen LogP contribution is 2.15. The molecule has 0 saturated carbocycles. The third-order valence-corrected chi connectivity index (χ3v) is 1.47. The second-order valence-corrected chi connectivity index (χ2v) is 2.22. The van der Waals surface area contributed by atoms with Gasteiger partial charge in [0.1, 0.15) is 12.3 Å². The predicted octanol–water partition coefficient (Wildman–Crippen LogP) is -0.372. The van der Waals surface area contributed by atoms with E-state index in [1.165, 1.54) is 25.1 Å². The van der Waals surface area contributed by atoms with Crippen molar-refractivity contribution in [1.29, 1.82) is 0 Å². The quantitative estimate of drug-likeness (QED) is 0.652. The number of aromatic nitrogens is 2. The summed E-state index contributed by atoms with van der Waals surface area (Å²) in [5, 5.41) is 12.5. The van der Waals surface area contributed by atoms with E-state index in [4.69, 9.17) is 9.84 Å². The van der Waals surface area contributed by atoms with Crippen LogP contribution in [0.4, 0.5) is 0 Å². The Balaban J connectivity index is 3.03. The summed E-state index contributed by atoms with van der Waals surface area (Å²) in [6, 6.07) is 0. The van der Waals surface area contributed by atoms with Crippen molar-refractivity contribution in [2.75, 3.05) is 14.2 Å². The van der Waals surface area contributed by atoms with Gasteiger partial charge in [0.2, 0.25) is 5.88 Å². The van der Waals surface area contributed by atoms with E-state index in [1.807, 2.05) is 0 Å². The molecule has 6 heteroatoms. The number of hydrogen-bond donors (Lipinski definition) is 1. The molecule has 1 heterocycles. The largest absolute Gasteiger partial charge is 0.479 e. The smallest absolute Gasteiger partial charge is 0.345 e. The third kappa shape index (κ3) is 1.78. The lowest BCUT2D eigenvalue weighted by Crippen LogP contribution is -2.01. The Kier molecular flexibility index (Phi) is 2.86. The van der Waals surface area contributed by atoms with Gasteiger partial charge in [0.25, 0.3) is 0 Å². The molecule has 1 N–H and O–H groups in total. The summed E-state index contributed by atoms with van der Waals surface area (Å²) < 4.78 is 10.5. The Hall–Kier alpha value is -1.56. The van der Waals surface area contributed by atoms with E-state index in [-0.39, 0.29) is 18.2 Å². The zero-order chi connectivity index (χ0) is 9.84. The topological polar surface area (TPSA) is 73.6 Å². The normalized spacial score (nSPS) is 9.77. The molecule has 13 heavy (non-hydrogen) atoms. The number of aliphatic hydroxyl groups excluding tert-OH is 1. The Labute approximate surface area is 74.7 Å². The first-order valence-electron chi connectivity index (χ1n) is 3.53. The Bertz CT molecular complexity index is 307. The minimum atomic E-state index is -0.545. The van der Waals surface area contributed by atoms with Crippen molar-refractivity contribution in [3.05, 3.63) is 11.8 Å². The fourth-order valence-electron chi connectivity index (χ4n) is 0.877. The zero-order valence-corrected chi connectivity index (χ0v) is 7.35. The number of hydrogen-bond acceptors (Lipinski definition) is 5. The molecule has 0 aromatic carbocycles. The molecule has 0 amide bonds. The van der Waals surface area contributed by atoms with Gasteiger partial charge in [0.15, 0.2) is 0 Å². The minimum Gasteiger partial charge on any atom is -0.479 e. The van der Waals surface area contributed by atoms with Gasteiger partial charge in [0, 0.05) is 6.20 Å². The lowest BCUT2D eigenvalue weighted by molar-refractivity contribution is 0.0597. The predicted molar refractivity (Wildman–Crippen MR) is 42.3 cm³/mol. The van der Waals surface area contributed by atoms with Gasteiger partial charge < -0.3 is 14.6 Å². The first-order valence-corrected chi connectivity index (χ1v) is 3.53. The van der Waals surface area contributed by atoms with E-state index in [0.717, 1.165) is 0 Å². The fraction of sp³-hybridized carbons (Fsp3) is 0.429. The summed E-state index contributed by atoms with van der Waals surface area (Å²) in [6.07, 6.45) is 1.35. The summed E-state index contributed by atoms with van der Waals surface area (Å²) in [7, 11) is 2.65. The van der Waals surface area contributed by atoms with Crippen LogP contribution in [0.1, 0.15) is 10.4 Å². The van der Waals surface area contributed by atoms with Crippen molar-refractivity contribution in [1.82, 2.24) is 9.78 Å². The molecule has 0 unspecified atom stereocenters. The third-order valence-electron chi connectivity index (χ3n) is 1.47. The van der Waals surface area contributed by atoms with Gasteiger partial charge >= 0.3 is 5.97 Å². The van der Waals surface area contributed by atoms with Crippen LogP contribution in [0.25, 0.3) is 0 Å². The van der Waals surface area contributed by atoms with Crippen LogP contribution in [0.3, 0.4) is 0 Å². The highest BCUT2D eigenvalue weighted by atomic mass is 16.5. The van der Waals surface area contributed by atoms with E-state index < -0.39 is 5.97 Å². The number of methoxy groups -OCH3 is 2. The van der Waals surface area contributed by atoms with E-state index in [9.17, 15) is 4.79 Å². The van der Waals surface area contributed by atoms with Crippen LogP contribution >= 0.6 is 0 Å². The molecule has 1 aromatic rings. The molecule has 0 aliphatic heterocycles. The van der Waals surface area contributed by atoms with E-state index in [0.29, 0.717) is 0 Å². The monoisotopic (exact) mass is 186 g/mol. The Morgan fingerprint density at radius 1 is 1.69 bits per heavy atom. The average molecular weight is 186 g/mol. The van der Waals surface area contributed by atoms with Gasteiger partial charge in [-0.1, -0.05) is 0 Å². The molecule has 0 atom stereocenters. The average Bonchev–Trinajstić information content (AvgIpc) is 2.59. The minimum absolute atomic E-state index is 0.140. The molecule has 1 rings (SSSR count). The lowest BCUT2D eigenvalue weighted by atomic mass is 10.3. The number of ether oxygens (including phenoxy) is 2. The number of rotatable bonds is 3. The number of carbonyl (C=O) groups is 1. The van der Waals surface area contributed by atoms with Crippen LogP contribution in [0, 0.1) is 0 Å². The standard InChI is InChI=1S/C7H10N2O4/c1-12-6-5(7(11)13-2)3-9(4-10)8-6/h3,10H,4H2,1-2H3. The SMILES string of the molecule is COC(=O)c1cn(CO)nc1OC. The lowest BCUT2D eigenvalue weighted by Gasteiger charge is -1.96. The molecule has 0 aliphatic rings. The van der Waals surface area contributed by atoms with Gasteiger partial charge in [-0.05, 0) is 0 Å². The molecular weight excluding hydrogens is 176 g/mol. The van der Waals surface area contributed by atoms with Crippen molar-refractivity contribution >= 4 is 5.97 Å². The molecule has 0 fully saturated rings. The van der Waals surface area contributed by atoms with Crippen LogP contribution in [0.2, 0.25) is 0 Å². The molecule has 0 aliphatic carbocycles. The molecule has 0 saturated heterocycles. The number of aliphatic hydroxyl groups is 1. The Morgan fingerprint density at radius 3 is 2.85 bits per heavy atom. The van der Waals surface area contributed by atoms with E-state index in [1.54, 1.807) is 0 Å². The van der Waals surface area contributed by atoms with Crippen molar-refractivity contribution < 1.29 is 19.4 Å². The maximum atomic E-state index is 11.1. The van der Waals surface area contributed by atoms with Crippen LogP contribution in [-0.2, 0) is 11.5 Å². The molecule has 0 bridgehead atoms. The summed E-state index contributed by atoms with van der Waals surface area (Å²) in [5.74, 6) is -0.405. The van der Waals surface area contributed by atoms with Crippen LogP contribution in [-0.4, -0.2) is 35.1 Å². The molecular formula is C7H10N2O4. The van der Waals surface area contributed by atoms with E-state index >= 15 is 0 Å². The summed E-state index contributed by atoms with van der Waals surface area (Å²) in [6.45, 7) is -0.312. The van der Waals surface area contributed by atoms with Crippen LogP contribution in [0.5, 0.6) is 5.88 Å². The zero-order valence-electron chi connectivity index (χ0n) is 7.35. The molecule has 72 valence electrons. The van der Waals surface area contributed by atoms with Gasteiger partial charge in [0.05, 0.1) is 14.2 Å². The maximum absolute atomic E-state index is 11.1. The van der Waals surface area contributed by atoms with E-state index in [2.05, 4.69) is 9.84 Å². The van der Waals surface area contributed by atoms with Crippen molar-refractivity contribution in [2.45, 2.75) is 6.73 Å². The van der Waals surface area contributed by atoms with Crippen LogP contribution < -0.4 is 4.74 Å². The van der Waals surface area contributed by atoms with Gasteiger partial charge in [-0.25, -0.2) is 9.48 Å². The molecule has 1 aromatic heterocycles. The number of esters is 1. The first-order chi connectivity index (χ1) is 6.22. The Morgan fingerprint density at radius 2 is 2.38 bits per heavy atom. The summed E-state index contributed by atoms with van der Waals surface area (Å²) >= 11 is 0. The van der Waals surface area contributed by atoms with Gasteiger partial charge in [-0.2, -0.15) is 0 Å². The molecule has 0 spiro atoms. The fourth-order valence-corrected chi connectivity index (χ4v) is 0.877.